The molecule has 1 aromatic carbocycles. The molecule has 1 fully saturated rings. The highest BCUT2D eigenvalue weighted by Crippen LogP contribution is 2.50. The molecule has 1 saturated carbocycles. The first kappa shape index (κ1) is 15.5. The molecule has 0 aliphatic heterocycles. The van der Waals surface area contributed by atoms with E-state index in [9.17, 15) is 0 Å². The van der Waals surface area contributed by atoms with Crippen LogP contribution in [0.25, 0.3) is 0 Å². The number of ether oxygens (including phenoxy) is 1. The van der Waals surface area contributed by atoms with Gasteiger partial charge in [0.1, 0.15) is 0 Å². The first-order valence-electron chi connectivity index (χ1n) is 8.11. The van der Waals surface area contributed by atoms with Gasteiger partial charge in [-0.2, -0.15) is 0 Å². The van der Waals surface area contributed by atoms with E-state index in [4.69, 9.17) is 4.74 Å². The summed E-state index contributed by atoms with van der Waals surface area (Å²) in [6.07, 6.45) is 4.09. The average molecular weight is 275 g/mol. The fourth-order valence-corrected chi connectivity index (χ4v) is 3.72. The lowest BCUT2D eigenvalue weighted by Gasteiger charge is -2.56. The minimum Gasteiger partial charge on any atom is -0.370 e. The van der Waals surface area contributed by atoms with E-state index in [-0.39, 0.29) is 6.10 Å². The van der Waals surface area contributed by atoms with Gasteiger partial charge in [-0.15, -0.1) is 0 Å². The lowest BCUT2D eigenvalue weighted by Crippen LogP contribution is -2.63. The van der Waals surface area contributed by atoms with Gasteiger partial charge in [-0.1, -0.05) is 51.1 Å². The number of rotatable bonds is 7. The Morgan fingerprint density at radius 1 is 1.20 bits per heavy atom. The third-order valence-corrected chi connectivity index (χ3v) is 5.19. The van der Waals surface area contributed by atoms with Gasteiger partial charge >= 0.3 is 0 Å². The quantitative estimate of drug-likeness (QED) is 0.800. The van der Waals surface area contributed by atoms with Gasteiger partial charge in [-0.3, -0.25) is 0 Å². The van der Waals surface area contributed by atoms with Crippen LogP contribution in [-0.2, 0) is 4.74 Å². The van der Waals surface area contributed by atoms with Crippen LogP contribution in [0.3, 0.4) is 0 Å². The minimum atomic E-state index is 0.182. The SMILES string of the molecule is CCNC1CC(OC(C)c2ccccc2)C1(CC)CC. The maximum atomic E-state index is 6.41. The summed E-state index contributed by atoms with van der Waals surface area (Å²) < 4.78 is 6.41. The zero-order valence-corrected chi connectivity index (χ0v) is 13.4. The topological polar surface area (TPSA) is 21.3 Å². The predicted octanol–water partition coefficient (Wildman–Crippen LogP) is 4.32. The first-order valence-corrected chi connectivity index (χ1v) is 8.11. The van der Waals surface area contributed by atoms with Crippen molar-refractivity contribution in [2.24, 2.45) is 5.41 Å². The van der Waals surface area contributed by atoms with E-state index in [2.05, 4.69) is 63.3 Å². The Balaban J connectivity index is 2.02. The summed E-state index contributed by atoms with van der Waals surface area (Å²) in [7, 11) is 0. The summed E-state index contributed by atoms with van der Waals surface area (Å²) in [6, 6.07) is 11.2. The van der Waals surface area contributed by atoms with Crippen molar-refractivity contribution in [1.82, 2.24) is 5.32 Å². The van der Waals surface area contributed by atoms with Crippen LogP contribution in [0.5, 0.6) is 0 Å². The summed E-state index contributed by atoms with van der Waals surface area (Å²) in [6.45, 7) is 10.0. The second-order valence-corrected chi connectivity index (χ2v) is 5.96. The molecular formula is C18H29NO. The normalized spacial score (nSPS) is 26.0. The van der Waals surface area contributed by atoms with Crippen molar-refractivity contribution < 1.29 is 4.74 Å². The van der Waals surface area contributed by atoms with Crippen molar-refractivity contribution in [2.75, 3.05) is 6.54 Å². The molecule has 0 spiro atoms. The molecule has 1 aliphatic carbocycles. The molecule has 3 atom stereocenters. The Morgan fingerprint density at radius 3 is 2.40 bits per heavy atom. The third-order valence-electron chi connectivity index (χ3n) is 5.19. The third kappa shape index (κ3) is 2.77. The summed E-state index contributed by atoms with van der Waals surface area (Å²) in [5.74, 6) is 0. The highest BCUT2D eigenvalue weighted by atomic mass is 16.5. The molecule has 1 aromatic rings. The maximum Gasteiger partial charge on any atom is 0.0800 e. The minimum absolute atomic E-state index is 0.182. The molecule has 0 heterocycles. The van der Waals surface area contributed by atoms with Crippen molar-refractivity contribution in [1.29, 1.82) is 0 Å². The molecule has 0 radical (unpaired) electrons. The summed E-state index contributed by atoms with van der Waals surface area (Å²) in [5, 5.41) is 3.64. The highest BCUT2D eigenvalue weighted by molar-refractivity contribution is 5.17. The van der Waals surface area contributed by atoms with Crippen molar-refractivity contribution in [2.45, 2.75) is 65.2 Å². The Labute approximate surface area is 123 Å². The predicted molar refractivity (Wildman–Crippen MR) is 84.8 cm³/mol. The van der Waals surface area contributed by atoms with Crippen molar-refractivity contribution in [3.63, 3.8) is 0 Å². The lowest BCUT2D eigenvalue weighted by molar-refractivity contribution is -0.164. The molecule has 0 saturated heterocycles. The molecule has 3 unspecified atom stereocenters. The van der Waals surface area contributed by atoms with E-state index in [1.807, 2.05) is 0 Å². The fourth-order valence-electron chi connectivity index (χ4n) is 3.72. The van der Waals surface area contributed by atoms with Crippen LogP contribution in [0.2, 0.25) is 0 Å². The summed E-state index contributed by atoms with van der Waals surface area (Å²) >= 11 is 0. The number of nitrogens with one attached hydrogen (secondary N) is 1. The second-order valence-electron chi connectivity index (χ2n) is 5.96. The number of hydrogen-bond donors (Lipinski definition) is 1. The van der Waals surface area contributed by atoms with E-state index in [0.717, 1.165) is 13.0 Å². The van der Waals surface area contributed by atoms with Crippen molar-refractivity contribution >= 4 is 0 Å². The van der Waals surface area contributed by atoms with Gasteiger partial charge in [0.25, 0.3) is 0 Å². The molecular weight excluding hydrogens is 246 g/mol. The van der Waals surface area contributed by atoms with Gasteiger partial charge in [-0.05, 0) is 38.3 Å². The van der Waals surface area contributed by atoms with Gasteiger partial charge in [0.2, 0.25) is 0 Å². The van der Waals surface area contributed by atoms with Crippen molar-refractivity contribution in [3.8, 4) is 0 Å². The second kappa shape index (κ2) is 6.73. The Morgan fingerprint density at radius 2 is 1.85 bits per heavy atom. The summed E-state index contributed by atoms with van der Waals surface area (Å²) in [4.78, 5) is 0. The monoisotopic (exact) mass is 275 g/mol. The van der Waals surface area contributed by atoms with E-state index < -0.39 is 0 Å². The largest absolute Gasteiger partial charge is 0.370 e. The maximum absolute atomic E-state index is 6.41. The smallest absolute Gasteiger partial charge is 0.0800 e. The first-order chi connectivity index (χ1) is 9.67. The van der Waals surface area contributed by atoms with Crippen LogP contribution in [0.4, 0.5) is 0 Å². The highest BCUT2D eigenvalue weighted by Gasteiger charge is 2.53. The molecule has 2 heteroatoms. The molecule has 2 nitrogen and oxygen atoms in total. The van der Waals surface area contributed by atoms with Crippen LogP contribution in [0.15, 0.2) is 30.3 Å². The van der Waals surface area contributed by atoms with E-state index in [0.29, 0.717) is 17.6 Å². The van der Waals surface area contributed by atoms with Gasteiger partial charge in [0, 0.05) is 11.5 Å². The Kier molecular flexibility index (Phi) is 5.22. The van der Waals surface area contributed by atoms with Crippen molar-refractivity contribution in [3.05, 3.63) is 35.9 Å². The summed E-state index contributed by atoms with van der Waals surface area (Å²) in [5.41, 5.74) is 1.60. The van der Waals surface area contributed by atoms with Crippen LogP contribution < -0.4 is 5.32 Å². The molecule has 0 bridgehead atoms. The number of benzene rings is 1. The average Bonchev–Trinajstić information content (AvgIpc) is 2.48. The van der Waals surface area contributed by atoms with Crippen LogP contribution in [0.1, 0.15) is 58.6 Å². The van der Waals surface area contributed by atoms with Crippen LogP contribution >= 0.6 is 0 Å². The molecule has 20 heavy (non-hydrogen) atoms. The van der Waals surface area contributed by atoms with Crippen LogP contribution in [-0.4, -0.2) is 18.7 Å². The van der Waals surface area contributed by atoms with E-state index in [1.54, 1.807) is 0 Å². The van der Waals surface area contributed by atoms with Gasteiger partial charge in [0.15, 0.2) is 0 Å². The van der Waals surface area contributed by atoms with Gasteiger partial charge in [-0.25, -0.2) is 0 Å². The lowest BCUT2D eigenvalue weighted by atomic mass is 9.58. The molecule has 2 rings (SSSR count). The molecule has 1 aliphatic rings. The molecule has 0 amide bonds. The fraction of sp³-hybridized carbons (Fsp3) is 0.667. The van der Waals surface area contributed by atoms with E-state index in [1.165, 1.54) is 18.4 Å². The zero-order chi connectivity index (χ0) is 14.6. The molecule has 1 N–H and O–H groups in total. The zero-order valence-electron chi connectivity index (χ0n) is 13.4. The molecule has 112 valence electrons. The number of hydrogen-bond acceptors (Lipinski definition) is 2. The van der Waals surface area contributed by atoms with Gasteiger partial charge < -0.3 is 10.1 Å². The Bertz CT molecular complexity index is 399. The van der Waals surface area contributed by atoms with Crippen LogP contribution in [0, 0.1) is 5.41 Å². The Hall–Kier alpha value is -0.860. The molecule has 0 aromatic heterocycles. The van der Waals surface area contributed by atoms with E-state index >= 15 is 0 Å². The van der Waals surface area contributed by atoms with Gasteiger partial charge in [0.05, 0.1) is 12.2 Å². The standard InChI is InChI=1S/C18H29NO/c1-5-18(6-2)16(19-7-3)13-17(18)20-14(4)15-11-9-8-10-12-15/h8-12,14,16-17,19H,5-7,13H2,1-4H3.